The van der Waals surface area contributed by atoms with Crippen molar-refractivity contribution >= 4 is 38.6 Å². The summed E-state index contributed by atoms with van der Waals surface area (Å²) in [7, 11) is 0. The van der Waals surface area contributed by atoms with Gasteiger partial charge in [-0.1, -0.05) is 44.5 Å². The Labute approximate surface area is 210 Å². The summed E-state index contributed by atoms with van der Waals surface area (Å²) < 4.78 is 11.9. The molecule has 3 heterocycles. The van der Waals surface area contributed by atoms with E-state index in [-0.39, 0.29) is 11.4 Å². The molecule has 1 aliphatic rings. The molecule has 0 bridgehead atoms. The fourth-order valence-corrected chi connectivity index (χ4v) is 5.44. The quantitative estimate of drug-likeness (QED) is 0.148. The van der Waals surface area contributed by atoms with Crippen LogP contribution in [0.3, 0.4) is 0 Å². The number of carbonyl (C=O) groups is 1. The smallest absolute Gasteiger partial charge is 0.196 e. The monoisotopic (exact) mass is 478 g/mol. The van der Waals surface area contributed by atoms with E-state index in [9.17, 15) is 4.79 Å². The van der Waals surface area contributed by atoms with Crippen molar-refractivity contribution in [3.8, 4) is 5.75 Å². The first-order valence-corrected chi connectivity index (χ1v) is 12.7. The number of hydrogen-bond acceptors (Lipinski definition) is 5. The van der Waals surface area contributed by atoms with E-state index in [1.54, 1.807) is 6.07 Å². The van der Waals surface area contributed by atoms with Crippen LogP contribution in [0.4, 0.5) is 0 Å². The zero-order valence-corrected chi connectivity index (χ0v) is 21.2. The number of rotatable bonds is 5. The van der Waals surface area contributed by atoms with E-state index in [0.717, 1.165) is 57.9 Å². The molecule has 5 heteroatoms. The van der Waals surface area contributed by atoms with Gasteiger partial charge in [-0.2, -0.15) is 0 Å². The van der Waals surface area contributed by atoms with Gasteiger partial charge in [0.05, 0.1) is 33.9 Å². The highest BCUT2D eigenvalue weighted by atomic mass is 16.5. The van der Waals surface area contributed by atoms with Crippen LogP contribution in [-0.4, -0.2) is 21.4 Å². The highest BCUT2D eigenvalue weighted by Crippen LogP contribution is 2.46. The summed E-state index contributed by atoms with van der Waals surface area (Å²) in [5.74, 6) is 1.85. The summed E-state index contributed by atoms with van der Waals surface area (Å²) in [6, 6.07) is 15.5. The minimum atomic E-state index is -0.271. The van der Waals surface area contributed by atoms with Crippen LogP contribution in [0.15, 0.2) is 65.5 Å². The lowest BCUT2D eigenvalue weighted by molar-refractivity contribution is 0.0226. The molecule has 1 atom stereocenters. The molecule has 2 aromatic heterocycles. The molecule has 36 heavy (non-hydrogen) atoms. The number of ketones is 1. The molecule has 1 unspecified atom stereocenters. The van der Waals surface area contributed by atoms with Gasteiger partial charge in [-0.15, -0.1) is 0 Å². The lowest BCUT2D eigenvalue weighted by atomic mass is 9.77. The molecule has 182 valence electrons. The van der Waals surface area contributed by atoms with E-state index in [1.165, 1.54) is 12.5 Å². The van der Waals surface area contributed by atoms with Crippen LogP contribution in [0.25, 0.3) is 32.8 Å². The van der Waals surface area contributed by atoms with E-state index in [4.69, 9.17) is 19.1 Å². The molecule has 0 spiro atoms. The molecule has 0 N–H and O–H groups in total. The average molecular weight is 479 g/mol. The predicted molar refractivity (Wildman–Crippen MR) is 143 cm³/mol. The number of carbonyl (C=O) groups excluding carboxylic acids is 1. The van der Waals surface area contributed by atoms with Gasteiger partial charge in [-0.25, -0.2) is 9.97 Å². The van der Waals surface area contributed by atoms with Crippen molar-refractivity contribution in [2.75, 3.05) is 0 Å². The Kier molecular flexibility index (Phi) is 5.32. The highest BCUT2D eigenvalue weighted by molar-refractivity contribution is 6.12. The van der Waals surface area contributed by atoms with Gasteiger partial charge in [0, 0.05) is 27.8 Å². The molecular formula is C31H30N2O3. The fraction of sp³-hybridized carbons (Fsp3) is 0.323. The molecule has 5 aromatic rings. The second kappa shape index (κ2) is 8.44. The summed E-state index contributed by atoms with van der Waals surface area (Å²) in [5.41, 5.74) is 5.17. The zero-order valence-electron chi connectivity index (χ0n) is 21.2. The Morgan fingerprint density at radius 3 is 2.53 bits per heavy atom. The number of ether oxygens (including phenoxy) is 1. The fourth-order valence-electron chi connectivity index (χ4n) is 5.44. The normalized spacial score (nSPS) is 17.0. The lowest BCUT2D eigenvalue weighted by Gasteiger charge is -2.41. The molecule has 0 fully saturated rings. The van der Waals surface area contributed by atoms with Crippen LogP contribution in [0, 0.1) is 11.8 Å². The number of aromatic nitrogens is 2. The van der Waals surface area contributed by atoms with Crippen LogP contribution in [0.2, 0.25) is 0 Å². The van der Waals surface area contributed by atoms with Gasteiger partial charge in [-0.05, 0) is 56.9 Å². The second-order valence-electron chi connectivity index (χ2n) is 10.9. The van der Waals surface area contributed by atoms with Gasteiger partial charge in [0.2, 0.25) is 0 Å². The molecule has 1 aliphatic heterocycles. The molecule has 0 aliphatic carbocycles. The van der Waals surface area contributed by atoms with E-state index in [1.807, 2.05) is 24.3 Å². The number of furan rings is 1. The summed E-state index contributed by atoms with van der Waals surface area (Å²) in [4.78, 5) is 23.1. The van der Waals surface area contributed by atoms with Gasteiger partial charge in [0.15, 0.2) is 5.78 Å². The van der Waals surface area contributed by atoms with Gasteiger partial charge in [0.25, 0.3) is 0 Å². The van der Waals surface area contributed by atoms with Gasteiger partial charge < -0.3 is 9.15 Å². The Hall–Kier alpha value is -3.73. The minimum absolute atomic E-state index is 0.0908. The van der Waals surface area contributed by atoms with Crippen molar-refractivity contribution in [3.63, 3.8) is 0 Å². The zero-order chi connectivity index (χ0) is 25.0. The number of hydrogen-bond donors (Lipinski definition) is 0. The van der Waals surface area contributed by atoms with E-state index >= 15 is 0 Å². The third-order valence-electron chi connectivity index (χ3n) is 7.59. The maximum Gasteiger partial charge on any atom is 0.196 e. The molecule has 0 radical (unpaired) electrons. The molecule has 6 rings (SSSR count). The first kappa shape index (κ1) is 22.7. The second-order valence-corrected chi connectivity index (χ2v) is 10.9. The minimum Gasteiger partial charge on any atom is -0.487 e. The summed E-state index contributed by atoms with van der Waals surface area (Å²) in [6.45, 7) is 8.96. The predicted octanol–water partition coefficient (Wildman–Crippen LogP) is 7.53. The Morgan fingerprint density at radius 2 is 1.78 bits per heavy atom. The maximum absolute atomic E-state index is 12.9. The summed E-state index contributed by atoms with van der Waals surface area (Å²) in [6.07, 6.45) is 6.13. The number of fused-ring (bicyclic) bond motifs is 7. The van der Waals surface area contributed by atoms with Crippen molar-refractivity contribution in [1.82, 2.24) is 9.97 Å². The topological polar surface area (TPSA) is 65.2 Å². The van der Waals surface area contributed by atoms with Gasteiger partial charge >= 0.3 is 0 Å². The molecule has 0 amide bonds. The Morgan fingerprint density at radius 1 is 1.00 bits per heavy atom. The third kappa shape index (κ3) is 3.74. The first-order chi connectivity index (χ1) is 17.3. The third-order valence-corrected chi connectivity index (χ3v) is 7.59. The SMILES string of the molecule is CC(C)CCC1Cc2c(c3ccccc3c3nc4ccc(C(=O)c5ccoc5)cc4nc23)OC1(C)C. The van der Waals surface area contributed by atoms with E-state index < -0.39 is 0 Å². The van der Waals surface area contributed by atoms with E-state index in [0.29, 0.717) is 28.5 Å². The molecular weight excluding hydrogens is 448 g/mol. The van der Waals surface area contributed by atoms with Crippen LogP contribution < -0.4 is 4.74 Å². The molecule has 0 saturated heterocycles. The first-order valence-electron chi connectivity index (χ1n) is 12.7. The van der Waals surface area contributed by atoms with Crippen LogP contribution >= 0.6 is 0 Å². The number of benzene rings is 3. The highest BCUT2D eigenvalue weighted by Gasteiger charge is 2.39. The molecule has 0 saturated carbocycles. The number of nitrogens with zero attached hydrogens (tertiary/aromatic N) is 2. The van der Waals surface area contributed by atoms with Crippen molar-refractivity contribution in [2.24, 2.45) is 11.8 Å². The molecule has 3 aromatic carbocycles. The maximum atomic E-state index is 12.9. The Balaban J connectivity index is 1.57. The van der Waals surface area contributed by atoms with Crippen molar-refractivity contribution in [1.29, 1.82) is 0 Å². The standard InChI is InChI=1S/C31H30N2O3/c1-18(2)9-11-21-16-24-28-27(22-7-5-6-8-23(22)30(24)36-31(21,3)4)32-25-12-10-19(15-26(25)33-28)29(34)20-13-14-35-17-20/h5-8,10,12-15,17-18,21H,9,11,16H2,1-4H3. The molecule has 5 nitrogen and oxygen atoms in total. The van der Waals surface area contributed by atoms with Crippen LogP contribution in [0.1, 0.15) is 62.0 Å². The van der Waals surface area contributed by atoms with Crippen LogP contribution in [-0.2, 0) is 6.42 Å². The van der Waals surface area contributed by atoms with Gasteiger partial charge in [0.1, 0.15) is 17.6 Å². The lowest BCUT2D eigenvalue weighted by Crippen LogP contribution is -2.42. The van der Waals surface area contributed by atoms with Crippen LogP contribution in [0.5, 0.6) is 5.75 Å². The van der Waals surface area contributed by atoms with Crippen molar-refractivity contribution in [3.05, 3.63) is 77.7 Å². The van der Waals surface area contributed by atoms with E-state index in [2.05, 4.69) is 45.9 Å². The van der Waals surface area contributed by atoms with Crippen molar-refractivity contribution in [2.45, 2.75) is 52.6 Å². The largest absolute Gasteiger partial charge is 0.487 e. The summed E-state index contributed by atoms with van der Waals surface area (Å²) in [5, 5.41) is 2.12. The summed E-state index contributed by atoms with van der Waals surface area (Å²) >= 11 is 0. The van der Waals surface area contributed by atoms with Gasteiger partial charge in [-0.3, -0.25) is 4.79 Å². The van der Waals surface area contributed by atoms with Crippen molar-refractivity contribution < 1.29 is 13.9 Å². The Bertz CT molecular complexity index is 1620. The average Bonchev–Trinajstić information content (AvgIpc) is 3.41.